The monoisotopic (exact) mass is 224 g/mol. The summed E-state index contributed by atoms with van der Waals surface area (Å²) in [5.74, 6) is -2.20. The standard InChI is InChI=1S/C5H4N4O.C3H4O3/c10-5-3-4(7-1-6-3)8-2-9-5;1-2(4)3(5)6/h1-2H,(H2,6,7,8,9,10);1H3,(H,5,6). The number of carboxylic acid groups (broad SMARTS) is 1. The normalized spacial score (nSPS) is 9.31. The zero-order valence-corrected chi connectivity index (χ0v) is 8.22. The van der Waals surface area contributed by atoms with E-state index < -0.39 is 11.8 Å². The van der Waals surface area contributed by atoms with E-state index in [1.165, 1.54) is 12.7 Å². The first kappa shape index (κ1) is 11.6. The average Bonchev–Trinajstić information content (AvgIpc) is 2.68. The molecule has 0 aliphatic carbocycles. The minimum absolute atomic E-state index is 0.192. The van der Waals surface area contributed by atoms with Crippen LogP contribution in [-0.4, -0.2) is 36.8 Å². The number of Topliss-reactive ketones (excluding diaryl/α,β-unsaturated/α-hetero) is 1. The molecule has 0 radical (unpaired) electrons. The van der Waals surface area contributed by atoms with Crippen molar-refractivity contribution in [2.45, 2.75) is 6.92 Å². The predicted octanol–water partition coefficient (Wildman–Crippen LogP) is -0.694. The number of carbonyl (C=O) groups excluding carboxylic acids is 1. The SMILES string of the molecule is CC(=O)C(=O)O.O=c1[nH]cnc2nc[nH]c12. The zero-order chi connectivity index (χ0) is 12.1. The van der Waals surface area contributed by atoms with E-state index in [0.29, 0.717) is 11.2 Å². The Kier molecular flexibility index (Phi) is 3.49. The molecule has 2 heterocycles. The summed E-state index contributed by atoms with van der Waals surface area (Å²) in [5.41, 5.74) is 0.675. The van der Waals surface area contributed by atoms with Crippen molar-refractivity contribution < 1.29 is 14.7 Å². The third kappa shape index (κ3) is 2.74. The van der Waals surface area contributed by atoms with Crippen molar-refractivity contribution in [2.24, 2.45) is 0 Å². The highest BCUT2D eigenvalue weighted by Gasteiger charge is 1.99. The van der Waals surface area contributed by atoms with Gasteiger partial charge in [0.2, 0.25) is 5.78 Å². The van der Waals surface area contributed by atoms with Crippen LogP contribution >= 0.6 is 0 Å². The Hall–Kier alpha value is -2.51. The number of aliphatic carboxylic acids is 1. The minimum atomic E-state index is -1.38. The number of imidazole rings is 1. The number of carboxylic acids is 1. The second-order valence-corrected chi connectivity index (χ2v) is 2.69. The van der Waals surface area contributed by atoms with E-state index in [0.717, 1.165) is 6.92 Å². The van der Waals surface area contributed by atoms with Crippen LogP contribution in [-0.2, 0) is 9.59 Å². The number of ketones is 1. The number of nitrogens with zero attached hydrogens (tertiary/aromatic N) is 2. The summed E-state index contributed by atoms with van der Waals surface area (Å²) in [4.78, 5) is 42.5. The number of fused-ring (bicyclic) bond motifs is 1. The van der Waals surface area contributed by atoms with Crippen molar-refractivity contribution in [1.29, 1.82) is 0 Å². The lowest BCUT2D eigenvalue weighted by Gasteiger charge is -1.81. The maximum absolute atomic E-state index is 10.9. The number of aromatic amines is 2. The van der Waals surface area contributed by atoms with Gasteiger partial charge in [0.05, 0.1) is 12.7 Å². The number of hydrogen-bond acceptors (Lipinski definition) is 5. The van der Waals surface area contributed by atoms with Gasteiger partial charge in [-0.1, -0.05) is 0 Å². The van der Waals surface area contributed by atoms with Crippen molar-refractivity contribution in [3.05, 3.63) is 23.0 Å². The maximum Gasteiger partial charge on any atom is 0.371 e. The molecule has 0 aliphatic heterocycles. The summed E-state index contributed by atoms with van der Waals surface area (Å²) < 4.78 is 0. The van der Waals surface area contributed by atoms with Gasteiger partial charge in [-0.05, 0) is 0 Å². The molecule has 2 aromatic rings. The molecular formula is C8H8N4O4. The number of rotatable bonds is 1. The number of hydrogen-bond donors (Lipinski definition) is 3. The van der Waals surface area contributed by atoms with Crippen molar-refractivity contribution in [1.82, 2.24) is 19.9 Å². The van der Waals surface area contributed by atoms with E-state index in [-0.39, 0.29) is 5.56 Å². The van der Waals surface area contributed by atoms with E-state index in [2.05, 4.69) is 19.9 Å². The molecule has 0 unspecified atom stereocenters. The molecule has 0 amide bonds. The fourth-order valence-electron chi connectivity index (χ4n) is 0.776. The Balaban J connectivity index is 0.000000187. The topological polar surface area (TPSA) is 129 Å². The largest absolute Gasteiger partial charge is 0.476 e. The average molecular weight is 224 g/mol. The summed E-state index contributed by atoms with van der Waals surface area (Å²) in [6, 6.07) is 0. The van der Waals surface area contributed by atoms with Gasteiger partial charge < -0.3 is 15.1 Å². The van der Waals surface area contributed by atoms with Gasteiger partial charge in [0.1, 0.15) is 0 Å². The van der Waals surface area contributed by atoms with Crippen LogP contribution in [0.25, 0.3) is 11.2 Å². The van der Waals surface area contributed by atoms with Crippen LogP contribution in [0.5, 0.6) is 0 Å². The van der Waals surface area contributed by atoms with Crippen LogP contribution < -0.4 is 5.56 Å². The summed E-state index contributed by atoms with van der Waals surface area (Å²) in [7, 11) is 0. The number of nitrogens with one attached hydrogen (secondary N) is 2. The molecule has 0 saturated carbocycles. The molecule has 0 aromatic carbocycles. The van der Waals surface area contributed by atoms with E-state index in [4.69, 9.17) is 5.11 Å². The zero-order valence-electron chi connectivity index (χ0n) is 8.22. The first-order valence-electron chi connectivity index (χ1n) is 4.13. The van der Waals surface area contributed by atoms with Gasteiger partial charge in [-0.25, -0.2) is 14.8 Å². The first-order chi connectivity index (χ1) is 7.52. The van der Waals surface area contributed by atoms with E-state index in [1.54, 1.807) is 0 Å². The molecule has 0 spiro atoms. The van der Waals surface area contributed by atoms with E-state index >= 15 is 0 Å². The molecule has 84 valence electrons. The van der Waals surface area contributed by atoms with Gasteiger partial charge >= 0.3 is 5.97 Å². The summed E-state index contributed by atoms with van der Waals surface area (Å²) in [5, 5.41) is 7.64. The Labute approximate surface area is 88.4 Å². The molecule has 16 heavy (non-hydrogen) atoms. The van der Waals surface area contributed by atoms with Crippen LogP contribution in [0.15, 0.2) is 17.4 Å². The molecule has 0 atom stereocenters. The molecule has 2 rings (SSSR count). The van der Waals surface area contributed by atoms with Gasteiger partial charge in [0.25, 0.3) is 5.56 Å². The number of H-pyrrole nitrogens is 2. The lowest BCUT2D eigenvalue weighted by atomic mass is 10.5. The lowest BCUT2D eigenvalue weighted by Crippen LogP contribution is -2.05. The Morgan fingerprint density at radius 1 is 1.25 bits per heavy atom. The summed E-state index contributed by atoms with van der Waals surface area (Å²) >= 11 is 0. The fraction of sp³-hybridized carbons (Fsp3) is 0.125. The van der Waals surface area contributed by atoms with Crippen LogP contribution in [0.3, 0.4) is 0 Å². The quantitative estimate of drug-likeness (QED) is 0.549. The first-order valence-corrected chi connectivity index (χ1v) is 4.13. The molecular weight excluding hydrogens is 216 g/mol. The minimum Gasteiger partial charge on any atom is -0.476 e. The van der Waals surface area contributed by atoms with E-state index in [9.17, 15) is 14.4 Å². The predicted molar refractivity (Wildman–Crippen MR) is 52.8 cm³/mol. The van der Waals surface area contributed by atoms with Crippen molar-refractivity contribution in [2.75, 3.05) is 0 Å². The Morgan fingerprint density at radius 3 is 2.19 bits per heavy atom. The van der Waals surface area contributed by atoms with Crippen LogP contribution in [0.4, 0.5) is 0 Å². The van der Waals surface area contributed by atoms with Crippen molar-refractivity contribution in [3.8, 4) is 0 Å². The Morgan fingerprint density at radius 2 is 1.75 bits per heavy atom. The molecule has 8 nitrogen and oxygen atoms in total. The smallest absolute Gasteiger partial charge is 0.371 e. The highest BCUT2D eigenvalue weighted by molar-refractivity contribution is 6.31. The highest BCUT2D eigenvalue weighted by atomic mass is 16.4. The molecule has 2 aromatic heterocycles. The highest BCUT2D eigenvalue weighted by Crippen LogP contribution is 1.94. The third-order valence-corrected chi connectivity index (χ3v) is 1.53. The molecule has 0 bridgehead atoms. The molecule has 0 aliphatic rings. The van der Waals surface area contributed by atoms with Crippen molar-refractivity contribution >= 4 is 22.9 Å². The number of carbonyl (C=O) groups is 2. The summed E-state index contributed by atoms with van der Waals surface area (Å²) in [6.07, 6.45) is 2.76. The molecule has 0 saturated heterocycles. The maximum atomic E-state index is 10.9. The van der Waals surface area contributed by atoms with Gasteiger partial charge in [0.15, 0.2) is 11.2 Å². The van der Waals surface area contributed by atoms with Crippen LogP contribution in [0.1, 0.15) is 6.92 Å². The molecule has 0 fully saturated rings. The van der Waals surface area contributed by atoms with Gasteiger partial charge in [-0.2, -0.15) is 0 Å². The summed E-state index contributed by atoms with van der Waals surface area (Å²) in [6.45, 7) is 1.00. The molecule has 3 N–H and O–H groups in total. The Bertz CT molecular complexity index is 558. The molecule has 8 heteroatoms. The lowest BCUT2D eigenvalue weighted by molar-refractivity contribution is -0.148. The van der Waals surface area contributed by atoms with E-state index in [1.807, 2.05) is 0 Å². The third-order valence-electron chi connectivity index (χ3n) is 1.53. The van der Waals surface area contributed by atoms with Gasteiger partial charge in [-0.3, -0.25) is 9.59 Å². The van der Waals surface area contributed by atoms with Crippen LogP contribution in [0.2, 0.25) is 0 Å². The van der Waals surface area contributed by atoms with Crippen LogP contribution in [0, 0.1) is 0 Å². The van der Waals surface area contributed by atoms with Gasteiger partial charge in [0, 0.05) is 6.92 Å². The van der Waals surface area contributed by atoms with Gasteiger partial charge in [-0.15, -0.1) is 0 Å². The second-order valence-electron chi connectivity index (χ2n) is 2.69. The van der Waals surface area contributed by atoms with Crippen molar-refractivity contribution in [3.63, 3.8) is 0 Å². The fourth-order valence-corrected chi connectivity index (χ4v) is 0.776. The number of aromatic nitrogens is 4. The second kappa shape index (κ2) is 4.82.